The van der Waals surface area contributed by atoms with Crippen LogP contribution in [0.2, 0.25) is 0 Å². The number of furan rings is 1. The minimum Gasteiger partial charge on any atom is -0.459 e. The molecule has 1 aliphatic rings. The van der Waals surface area contributed by atoms with Crippen molar-refractivity contribution in [1.29, 1.82) is 0 Å². The van der Waals surface area contributed by atoms with Gasteiger partial charge in [0.05, 0.1) is 17.8 Å². The van der Waals surface area contributed by atoms with Crippen molar-refractivity contribution in [2.24, 2.45) is 0 Å². The van der Waals surface area contributed by atoms with Crippen molar-refractivity contribution in [3.63, 3.8) is 0 Å². The number of amides is 1. The van der Waals surface area contributed by atoms with Crippen molar-refractivity contribution in [2.45, 2.75) is 26.3 Å². The van der Waals surface area contributed by atoms with Crippen molar-refractivity contribution < 1.29 is 13.6 Å². The van der Waals surface area contributed by atoms with Crippen LogP contribution < -0.4 is 10.6 Å². The average Bonchev–Trinajstić information content (AvgIpc) is 3.26. The first-order chi connectivity index (χ1) is 12.6. The summed E-state index contributed by atoms with van der Waals surface area (Å²) in [5.74, 6) is 0.883. The van der Waals surface area contributed by atoms with Gasteiger partial charge in [-0.1, -0.05) is 6.07 Å². The number of thiazole rings is 1. The maximum atomic E-state index is 14.6. The van der Waals surface area contributed by atoms with Crippen LogP contribution in [0.4, 0.5) is 10.1 Å². The smallest absolute Gasteiger partial charge is 0.230 e. The van der Waals surface area contributed by atoms with Crippen LogP contribution >= 0.6 is 36.2 Å². The number of aromatic nitrogens is 1. The number of nitrogens with one attached hydrogen (secondary N) is 2. The Labute approximate surface area is 178 Å². The lowest BCUT2D eigenvalue weighted by Gasteiger charge is -2.19. The lowest BCUT2D eigenvalue weighted by Crippen LogP contribution is -2.25. The third-order valence-corrected chi connectivity index (χ3v) is 5.23. The lowest BCUT2D eigenvalue weighted by molar-refractivity contribution is -0.115. The summed E-state index contributed by atoms with van der Waals surface area (Å²) in [4.78, 5) is 16.7. The second-order valence-electron chi connectivity index (χ2n) is 6.27. The first-order valence-corrected chi connectivity index (χ1v) is 9.30. The standard InChI is InChI=1S/C19H18FN3O2S.2ClH/c1-11-2-5-16(25-11)19-22-13(10-26-19)8-17(24)23-15-4-3-12-9-21-7-6-14(12)18(15)20;;/h2-5,10,21H,6-9H2,1H3,(H,23,24);2*1H. The number of hydrogen-bond acceptors (Lipinski definition) is 5. The molecular weight excluding hydrogens is 424 g/mol. The Bertz CT molecular complexity index is 974. The van der Waals surface area contributed by atoms with Crippen LogP contribution in [-0.4, -0.2) is 17.4 Å². The summed E-state index contributed by atoms with van der Waals surface area (Å²) in [6.45, 7) is 3.28. The average molecular weight is 444 g/mol. The molecule has 0 atom stereocenters. The summed E-state index contributed by atoms with van der Waals surface area (Å²) in [6, 6.07) is 7.21. The summed E-state index contributed by atoms with van der Waals surface area (Å²) < 4.78 is 20.2. The van der Waals surface area contributed by atoms with Crippen LogP contribution in [0.3, 0.4) is 0 Å². The molecular formula is C19H20Cl2FN3O2S. The number of carbonyl (C=O) groups excluding carboxylic acids is 1. The summed E-state index contributed by atoms with van der Waals surface area (Å²) in [6.07, 6.45) is 0.719. The van der Waals surface area contributed by atoms with Gasteiger partial charge in [-0.2, -0.15) is 0 Å². The summed E-state index contributed by atoms with van der Waals surface area (Å²) >= 11 is 1.42. The number of aryl methyl sites for hydroxylation is 1. The van der Waals surface area contributed by atoms with Crippen LogP contribution in [0.1, 0.15) is 22.6 Å². The normalized spacial score (nSPS) is 12.5. The first-order valence-electron chi connectivity index (χ1n) is 8.42. The maximum Gasteiger partial charge on any atom is 0.230 e. The molecule has 0 radical (unpaired) electrons. The van der Waals surface area contributed by atoms with E-state index in [9.17, 15) is 9.18 Å². The number of carbonyl (C=O) groups is 1. The van der Waals surface area contributed by atoms with Crippen molar-refractivity contribution in [3.05, 3.63) is 58.0 Å². The highest BCUT2D eigenvalue weighted by Crippen LogP contribution is 2.27. The number of fused-ring (bicyclic) bond motifs is 1. The second kappa shape index (κ2) is 9.52. The SMILES string of the molecule is Cc1ccc(-c2nc(CC(=O)Nc3ccc4c(c3F)CCNC4)cs2)o1.Cl.Cl. The Balaban J connectivity index is 0.00000140. The van der Waals surface area contributed by atoms with Gasteiger partial charge in [0.25, 0.3) is 0 Å². The zero-order valence-electron chi connectivity index (χ0n) is 15.1. The summed E-state index contributed by atoms with van der Waals surface area (Å²) in [5.41, 5.74) is 2.50. The minimum absolute atomic E-state index is 0. The van der Waals surface area contributed by atoms with Gasteiger partial charge < -0.3 is 15.1 Å². The van der Waals surface area contributed by atoms with E-state index in [4.69, 9.17) is 4.42 Å². The molecule has 1 amide bonds. The number of hydrogen-bond donors (Lipinski definition) is 2. The number of rotatable bonds is 4. The van der Waals surface area contributed by atoms with Crippen LogP contribution in [0.25, 0.3) is 10.8 Å². The molecule has 5 nitrogen and oxygen atoms in total. The Morgan fingerprint density at radius 2 is 2.14 bits per heavy atom. The van der Waals surface area contributed by atoms with Gasteiger partial charge in [0.1, 0.15) is 11.6 Å². The van der Waals surface area contributed by atoms with Gasteiger partial charge in [0.2, 0.25) is 5.91 Å². The lowest BCUT2D eigenvalue weighted by atomic mass is 9.99. The molecule has 2 N–H and O–H groups in total. The molecule has 4 rings (SSSR count). The first kappa shape index (κ1) is 22.4. The van der Waals surface area contributed by atoms with E-state index in [0.717, 1.165) is 22.9 Å². The predicted molar refractivity (Wildman–Crippen MR) is 113 cm³/mol. The Morgan fingerprint density at radius 1 is 1.32 bits per heavy atom. The van der Waals surface area contributed by atoms with Crippen LogP contribution in [0, 0.1) is 12.7 Å². The molecule has 0 saturated carbocycles. The molecule has 0 fully saturated rings. The third kappa shape index (κ3) is 4.72. The van der Waals surface area contributed by atoms with E-state index in [0.29, 0.717) is 30.0 Å². The molecule has 28 heavy (non-hydrogen) atoms. The van der Waals surface area contributed by atoms with Gasteiger partial charge in [0, 0.05) is 11.9 Å². The highest BCUT2D eigenvalue weighted by atomic mass is 35.5. The zero-order chi connectivity index (χ0) is 18.1. The summed E-state index contributed by atoms with van der Waals surface area (Å²) in [5, 5.41) is 8.43. The van der Waals surface area contributed by atoms with Gasteiger partial charge in [-0.3, -0.25) is 4.79 Å². The fraction of sp³-hybridized carbons (Fsp3) is 0.263. The van der Waals surface area contributed by atoms with Gasteiger partial charge in [-0.15, -0.1) is 36.2 Å². The number of benzene rings is 1. The van der Waals surface area contributed by atoms with E-state index in [-0.39, 0.29) is 48.6 Å². The molecule has 1 aromatic carbocycles. The highest BCUT2D eigenvalue weighted by Gasteiger charge is 2.18. The molecule has 9 heteroatoms. The topological polar surface area (TPSA) is 67.2 Å². The number of halogens is 3. The van der Waals surface area contributed by atoms with Crippen molar-refractivity contribution in [2.75, 3.05) is 11.9 Å². The molecule has 0 unspecified atom stereocenters. The van der Waals surface area contributed by atoms with Crippen LogP contribution in [-0.2, 0) is 24.2 Å². The van der Waals surface area contributed by atoms with E-state index in [1.54, 1.807) is 6.07 Å². The number of nitrogens with zero attached hydrogens (tertiary/aromatic N) is 1. The van der Waals surface area contributed by atoms with Crippen molar-refractivity contribution in [3.8, 4) is 10.8 Å². The van der Waals surface area contributed by atoms with E-state index >= 15 is 0 Å². The number of anilines is 1. The molecule has 3 aromatic rings. The Morgan fingerprint density at radius 3 is 2.89 bits per heavy atom. The van der Waals surface area contributed by atoms with Gasteiger partial charge in [-0.25, -0.2) is 9.37 Å². The molecule has 0 aliphatic carbocycles. The zero-order valence-corrected chi connectivity index (χ0v) is 17.5. The van der Waals surface area contributed by atoms with Crippen LogP contribution in [0.5, 0.6) is 0 Å². The molecule has 1 aliphatic heterocycles. The quantitative estimate of drug-likeness (QED) is 0.621. The minimum atomic E-state index is -0.331. The van der Waals surface area contributed by atoms with Crippen molar-refractivity contribution in [1.82, 2.24) is 10.3 Å². The fourth-order valence-electron chi connectivity index (χ4n) is 3.04. The van der Waals surface area contributed by atoms with E-state index in [1.807, 2.05) is 30.5 Å². The molecule has 0 saturated heterocycles. The molecule has 3 heterocycles. The van der Waals surface area contributed by atoms with Crippen LogP contribution in [0.15, 0.2) is 34.1 Å². The van der Waals surface area contributed by atoms with E-state index in [1.165, 1.54) is 11.3 Å². The highest BCUT2D eigenvalue weighted by molar-refractivity contribution is 7.13. The third-order valence-electron chi connectivity index (χ3n) is 4.33. The second-order valence-corrected chi connectivity index (χ2v) is 7.13. The van der Waals surface area contributed by atoms with Gasteiger partial charge in [0.15, 0.2) is 10.8 Å². The monoisotopic (exact) mass is 443 g/mol. The summed E-state index contributed by atoms with van der Waals surface area (Å²) in [7, 11) is 0. The predicted octanol–water partition coefficient (Wildman–Crippen LogP) is 4.52. The maximum absolute atomic E-state index is 14.6. The fourth-order valence-corrected chi connectivity index (χ4v) is 3.82. The molecule has 150 valence electrons. The van der Waals surface area contributed by atoms with Gasteiger partial charge in [-0.05, 0) is 49.2 Å². The Hall–Kier alpha value is -1.93. The van der Waals surface area contributed by atoms with E-state index in [2.05, 4.69) is 15.6 Å². The molecule has 2 aromatic heterocycles. The Kier molecular flexibility index (Phi) is 7.60. The van der Waals surface area contributed by atoms with Crippen molar-refractivity contribution >= 4 is 47.7 Å². The van der Waals surface area contributed by atoms with Gasteiger partial charge >= 0.3 is 0 Å². The molecule has 0 bridgehead atoms. The van der Waals surface area contributed by atoms with E-state index < -0.39 is 0 Å². The molecule has 0 spiro atoms. The largest absolute Gasteiger partial charge is 0.459 e.